The van der Waals surface area contributed by atoms with E-state index in [1.54, 1.807) is 18.2 Å². The van der Waals surface area contributed by atoms with E-state index in [4.69, 9.17) is 4.99 Å². The number of carbonyl (C=O) groups excluding carboxylic acids is 2. The highest BCUT2D eigenvalue weighted by Gasteiger charge is 2.48. The van der Waals surface area contributed by atoms with Crippen molar-refractivity contribution in [1.82, 2.24) is 0 Å². The highest BCUT2D eigenvalue weighted by atomic mass is 16.6. The smallest absolute Gasteiger partial charge is 0.269 e. The van der Waals surface area contributed by atoms with Crippen LogP contribution in [0.4, 0.5) is 5.69 Å². The highest BCUT2D eigenvalue weighted by Crippen LogP contribution is 2.48. The van der Waals surface area contributed by atoms with Crippen molar-refractivity contribution in [2.24, 2.45) is 10.9 Å². The van der Waals surface area contributed by atoms with E-state index in [2.05, 4.69) is 0 Å². The lowest BCUT2D eigenvalue weighted by molar-refractivity contribution is -0.384. The van der Waals surface area contributed by atoms with Crippen LogP contribution in [0.1, 0.15) is 46.7 Å². The fourth-order valence-corrected chi connectivity index (χ4v) is 4.64. The van der Waals surface area contributed by atoms with Crippen LogP contribution in [0.25, 0.3) is 0 Å². The van der Waals surface area contributed by atoms with Gasteiger partial charge in [0.1, 0.15) is 0 Å². The average Bonchev–Trinajstić information content (AvgIpc) is 2.99. The van der Waals surface area contributed by atoms with Crippen molar-refractivity contribution in [2.45, 2.75) is 25.2 Å². The van der Waals surface area contributed by atoms with Gasteiger partial charge in [-0.1, -0.05) is 36.4 Å². The molecule has 0 spiro atoms. The number of aliphatic imine (C=N–C) groups is 1. The van der Waals surface area contributed by atoms with E-state index >= 15 is 0 Å². The third kappa shape index (κ3) is 2.30. The second-order valence-electron chi connectivity index (χ2n) is 7.35. The Bertz CT molecular complexity index is 1130. The molecule has 6 heteroatoms. The maximum atomic E-state index is 13.3. The summed E-state index contributed by atoms with van der Waals surface area (Å²) in [4.78, 5) is 41.7. The first-order chi connectivity index (χ1) is 13.6. The molecular formula is C22H16N2O4. The Morgan fingerprint density at radius 2 is 1.75 bits per heavy atom. The number of fused-ring (bicyclic) bond motifs is 3. The summed E-state index contributed by atoms with van der Waals surface area (Å²) in [5, 5.41) is 11.3. The number of nitro groups is 1. The summed E-state index contributed by atoms with van der Waals surface area (Å²) in [5.74, 6) is -1.23. The van der Waals surface area contributed by atoms with Crippen molar-refractivity contribution in [3.8, 4) is 0 Å². The maximum absolute atomic E-state index is 13.3. The lowest BCUT2D eigenvalue weighted by Crippen LogP contribution is -2.33. The Hall–Kier alpha value is -3.41. The molecule has 3 aliphatic rings. The number of ketones is 2. The number of nitrogens with zero attached hydrogens (tertiary/aromatic N) is 2. The lowest BCUT2D eigenvalue weighted by atomic mass is 9.71. The van der Waals surface area contributed by atoms with E-state index < -0.39 is 16.8 Å². The van der Waals surface area contributed by atoms with Crippen LogP contribution in [0.2, 0.25) is 0 Å². The fraction of sp³-hybridized carbons (Fsp3) is 0.227. The van der Waals surface area contributed by atoms with Crippen LogP contribution in [0.3, 0.4) is 0 Å². The molecule has 28 heavy (non-hydrogen) atoms. The van der Waals surface area contributed by atoms with Gasteiger partial charge in [-0.2, -0.15) is 0 Å². The topological polar surface area (TPSA) is 89.6 Å². The molecule has 0 amide bonds. The molecule has 5 rings (SSSR count). The molecule has 0 N–H and O–H groups in total. The van der Waals surface area contributed by atoms with Gasteiger partial charge >= 0.3 is 0 Å². The molecule has 2 aliphatic carbocycles. The minimum Gasteiger partial charge on any atom is -0.294 e. The van der Waals surface area contributed by atoms with Gasteiger partial charge in [-0.15, -0.1) is 0 Å². The van der Waals surface area contributed by atoms with Gasteiger partial charge in [0.2, 0.25) is 0 Å². The van der Waals surface area contributed by atoms with E-state index in [0.717, 1.165) is 17.7 Å². The second kappa shape index (κ2) is 6.05. The second-order valence-corrected chi connectivity index (χ2v) is 7.35. The van der Waals surface area contributed by atoms with E-state index in [1.807, 2.05) is 18.2 Å². The summed E-state index contributed by atoms with van der Waals surface area (Å²) in [7, 11) is 0. The molecule has 138 valence electrons. The first-order valence-corrected chi connectivity index (χ1v) is 9.29. The third-order valence-corrected chi connectivity index (χ3v) is 5.81. The van der Waals surface area contributed by atoms with Gasteiger partial charge in [0.15, 0.2) is 11.6 Å². The predicted octanol–water partition coefficient (Wildman–Crippen LogP) is 4.00. The lowest BCUT2D eigenvalue weighted by Gasteiger charge is -2.33. The van der Waals surface area contributed by atoms with Crippen molar-refractivity contribution in [2.75, 3.05) is 0 Å². The van der Waals surface area contributed by atoms with Gasteiger partial charge in [0.25, 0.3) is 5.69 Å². The number of nitro benzene ring substituents is 1. The Balaban J connectivity index is 1.76. The van der Waals surface area contributed by atoms with Crippen molar-refractivity contribution >= 4 is 23.0 Å². The van der Waals surface area contributed by atoms with Crippen molar-refractivity contribution < 1.29 is 14.5 Å². The SMILES string of the molecule is O=C1CCCC2=C1C(c1cccc([N+](=O)[O-])c1)C1C(=O)c3ccccc3C1=N2. The van der Waals surface area contributed by atoms with Crippen LogP contribution in [0.15, 0.2) is 64.8 Å². The third-order valence-electron chi connectivity index (χ3n) is 5.81. The zero-order valence-corrected chi connectivity index (χ0v) is 14.9. The molecular weight excluding hydrogens is 356 g/mol. The Morgan fingerprint density at radius 1 is 0.964 bits per heavy atom. The minimum atomic E-state index is -0.611. The molecule has 6 nitrogen and oxygen atoms in total. The summed E-state index contributed by atoms with van der Waals surface area (Å²) in [6.45, 7) is 0. The van der Waals surface area contributed by atoms with Gasteiger partial charge in [-0.25, -0.2) is 0 Å². The van der Waals surface area contributed by atoms with Gasteiger partial charge in [-0.05, 0) is 18.4 Å². The van der Waals surface area contributed by atoms with Gasteiger partial charge in [0.05, 0.1) is 16.6 Å². The van der Waals surface area contributed by atoms with Crippen LogP contribution >= 0.6 is 0 Å². The van der Waals surface area contributed by atoms with Crippen molar-refractivity contribution in [1.29, 1.82) is 0 Å². The summed E-state index contributed by atoms with van der Waals surface area (Å²) >= 11 is 0. The van der Waals surface area contributed by atoms with E-state index in [0.29, 0.717) is 35.3 Å². The molecule has 0 aromatic heterocycles. The number of carbonyl (C=O) groups is 2. The predicted molar refractivity (Wildman–Crippen MR) is 103 cm³/mol. The largest absolute Gasteiger partial charge is 0.294 e. The number of rotatable bonds is 2. The molecule has 0 saturated carbocycles. The van der Waals surface area contributed by atoms with E-state index in [9.17, 15) is 19.7 Å². The Morgan fingerprint density at radius 3 is 2.54 bits per heavy atom. The summed E-state index contributed by atoms with van der Waals surface area (Å²) in [6, 6.07) is 13.6. The summed E-state index contributed by atoms with van der Waals surface area (Å²) < 4.78 is 0. The molecule has 0 radical (unpaired) electrons. The van der Waals surface area contributed by atoms with Crippen LogP contribution in [-0.2, 0) is 4.79 Å². The molecule has 1 heterocycles. The average molecular weight is 372 g/mol. The zero-order valence-electron chi connectivity index (χ0n) is 14.9. The molecule has 1 aliphatic heterocycles. The quantitative estimate of drug-likeness (QED) is 0.589. The van der Waals surface area contributed by atoms with Crippen molar-refractivity contribution in [3.05, 3.63) is 86.6 Å². The number of Topliss-reactive ketones (excluding diaryl/α,β-unsaturated/α-hetero) is 2. The highest BCUT2D eigenvalue weighted by molar-refractivity contribution is 6.30. The Kier molecular flexibility index (Phi) is 3.62. The van der Waals surface area contributed by atoms with Crippen LogP contribution in [-0.4, -0.2) is 22.2 Å². The monoisotopic (exact) mass is 372 g/mol. The van der Waals surface area contributed by atoms with Crippen molar-refractivity contribution in [3.63, 3.8) is 0 Å². The minimum absolute atomic E-state index is 0.00990. The number of benzene rings is 2. The first-order valence-electron chi connectivity index (χ1n) is 9.29. The standard InChI is InChI=1S/C22H16N2O4/c25-17-10-4-9-16-19(17)18(12-5-3-6-13(11-12)24(27)28)20-21(23-16)14-7-1-2-8-15(14)22(20)26/h1-3,5-8,11,18,20H,4,9-10H2. The normalized spacial score (nSPS) is 23.1. The Labute approximate surface area is 160 Å². The number of hydrogen-bond donors (Lipinski definition) is 0. The molecule has 2 aromatic rings. The fourth-order valence-electron chi connectivity index (χ4n) is 4.64. The molecule has 2 aromatic carbocycles. The molecule has 0 bridgehead atoms. The molecule has 0 saturated heterocycles. The van der Waals surface area contributed by atoms with E-state index in [1.165, 1.54) is 12.1 Å². The van der Waals surface area contributed by atoms with Gasteiger partial charge in [-0.3, -0.25) is 24.7 Å². The summed E-state index contributed by atoms with van der Waals surface area (Å²) in [5.41, 5.74) is 3.95. The van der Waals surface area contributed by atoms with E-state index in [-0.39, 0.29) is 17.3 Å². The number of allylic oxidation sites excluding steroid dienone is 2. The first kappa shape index (κ1) is 16.7. The maximum Gasteiger partial charge on any atom is 0.269 e. The van der Waals surface area contributed by atoms with Crippen LogP contribution in [0.5, 0.6) is 0 Å². The van der Waals surface area contributed by atoms with Crippen LogP contribution < -0.4 is 0 Å². The van der Waals surface area contributed by atoms with Gasteiger partial charge < -0.3 is 0 Å². The van der Waals surface area contributed by atoms with Gasteiger partial charge in [0, 0.05) is 46.9 Å². The number of non-ortho nitro benzene ring substituents is 1. The zero-order chi connectivity index (χ0) is 19.4. The van der Waals surface area contributed by atoms with Crippen LogP contribution in [0, 0.1) is 16.0 Å². The summed E-state index contributed by atoms with van der Waals surface area (Å²) in [6.07, 6.45) is 1.83. The molecule has 2 unspecified atom stereocenters. The number of hydrogen-bond acceptors (Lipinski definition) is 5. The molecule has 0 fully saturated rings. The molecule has 2 atom stereocenters.